The molecule has 200 valence electrons. The number of para-hydroxylation sites is 1. The van der Waals surface area contributed by atoms with E-state index in [2.05, 4.69) is 26.5 Å². The first-order valence-corrected chi connectivity index (χ1v) is 14.5. The molecule has 0 atom stereocenters. The van der Waals surface area contributed by atoms with Gasteiger partial charge in [0.2, 0.25) is 10.0 Å². The van der Waals surface area contributed by atoms with Gasteiger partial charge in [0, 0.05) is 21.6 Å². The minimum Gasteiger partial charge on any atom is -0.488 e. The van der Waals surface area contributed by atoms with Crippen molar-refractivity contribution < 1.29 is 17.9 Å². The summed E-state index contributed by atoms with van der Waals surface area (Å²) in [4.78, 5) is 12.9. The highest BCUT2D eigenvalue weighted by Gasteiger charge is 2.27. The SMILES string of the molecule is O=C(CN(Cc1ccccc1Cl)S(=O)(=O)c1ccc(Br)cc1)N/N=C/c1ccccc1OCc1ccccc1. The van der Waals surface area contributed by atoms with E-state index >= 15 is 0 Å². The quantitative estimate of drug-likeness (QED) is 0.163. The Kier molecular flexibility index (Phi) is 9.89. The van der Waals surface area contributed by atoms with Crippen LogP contribution in [0.3, 0.4) is 0 Å². The van der Waals surface area contributed by atoms with Crippen LogP contribution in [0.4, 0.5) is 0 Å². The molecule has 4 rings (SSSR count). The fraction of sp³-hybridized carbons (Fsp3) is 0.103. The lowest BCUT2D eigenvalue weighted by Gasteiger charge is -2.22. The third-order valence-corrected chi connectivity index (χ3v) is 8.33. The molecule has 4 aromatic carbocycles. The number of rotatable bonds is 11. The zero-order valence-electron chi connectivity index (χ0n) is 20.7. The molecule has 0 saturated carbocycles. The maximum absolute atomic E-state index is 13.5. The maximum atomic E-state index is 13.5. The monoisotopic (exact) mass is 625 g/mol. The van der Waals surface area contributed by atoms with Gasteiger partial charge >= 0.3 is 0 Å². The van der Waals surface area contributed by atoms with Gasteiger partial charge < -0.3 is 4.74 Å². The molecular weight excluding hydrogens is 602 g/mol. The number of halogens is 2. The number of nitrogens with one attached hydrogen (secondary N) is 1. The van der Waals surface area contributed by atoms with Crippen LogP contribution in [0.25, 0.3) is 0 Å². The van der Waals surface area contributed by atoms with Crippen LogP contribution in [-0.4, -0.2) is 31.4 Å². The van der Waals surface area contributed by atoms with Crippen LogP contribution >= 0.6 is 27.5 Å². The van der Waals surface area contributed by atoms with Gasteiger partial charge in [-0.25, -0.2) is 13.8 Å². The van der Waals surface area contributed by atoms with E-state index in [4.69, 9.17) is 16.3 Å². The van der Waals surface area contributed by atoms with Crippen molar-refractivity contribution in [3.05, 3.63) is 129 Å². The fourth-order valence-corrected chi connectivity index (χ4v) is 5.46. The second-order valence-electron chi connectivity index (χ2n) is 8.42. The maximum Gasteiger partial charge on any atom is 0.255 e. The number of nitrogens with zero attached hydrogens (tertiary/aromatic N) is 2. The van der Waals surface area contributed by atoms with Crippen molar-refractivity contribution in [3.8, 4) is 5.75 Å². The Morgan fingerprint density at radius 3 is 2.33 bits per heavy atom. The summed E-state index contributed by atoms with van der Waals surface area (Å²) in [5.74, 6) is -0.0146. The molecule has 0 radical (unpaired) electrons. The Hall–Kier alpha value is -3.50. The summed E-state index contributed by atoms with van der Waals surface area (Å²) in [5, 5.41) is 4.44. The van der Waals surface area contributed by atoms with E-state index in [9.17, 15) is 13.2 Å². The van der Waals surface area contributed by atoms with E-state index in [0.717, 1.165) is 14.3 Å². The molecule has 4 aromatic rings. The predicted molar refractivity (Wildman–Crippen MR) is 156 cm³/mol. The zero-order chi connectivity index (χ0) is 27.7. The van der Waals surface area contributed by atoms with Crippen LogP contribution in [0.5, 0.6) is 5.75 Å². The lowest BCUT2D eigenvalue weighted by Crippen LogP contribution is -2.39. The second-order valence-corrected chi connectivity index (χ2v) is 11.7. The Labute approximate surface area is 241 Å². The summed E-state index contributed by atoms with van der Waals surface area (Å²) >= 11 is 9.60. The first-order valence-electron chi connectivity index (χ1n) is 11.9. The fourth-order valence-electron chi connectivity index (χ4n) is 3.62. The average molecular weight is 627 g/mol. The third kappa shape index (κ3) is 8.00. The Balaban J connectivity index is 1.47. The standard InChI is InChI=1S/C29H25BrClN3O4S/c30-25-14-16-26(17-15-25)39(36,37)34(19-24-11-4-6-12-27(24)31)20-29(35)33-32-18-23-10-5-7-13-28(23)38-21-22-8-2-1-3-9-22/h1-18H,19-21H2,(H,33,35)/b32-18+. The highest BCUT2D eigenvalue weighted by atomic mass is 79.9. The number of carbonyl (C=O) groups is 1. The van der Waals surface area contributed by atoms with Gasteiger partial charge in [0.15, 0.2) is 0 Å². The Bertz CT molecular complexity index is 1550. The van der Waals surface area contributed by atoms with E-state index in [0.29, 0.717) is 28.5 Å². The van der Waals surface area contributed by atoms with Gasteiger partial charge in [-0.05, 0) is 53.6 Å². The largest absolute Gasteiger partial charge is 0.488 e. The average Bonchev–Trinajstić information content (AvgIpc) is 2.94. The van der Waals surface area contributed by atoms with Crippen LogP contribution < -0.4 is 10.2 Å². The number of sulfonamides is 1. The lowest BCUT2D eigenvalue weighted by atomic mass is 10.2. The molecule has 0 aliphatic heterocycles. The van der Waals surface area contributed by atoms with Gasteiger partial charge in [-0.2, -0.15) is 9.41 Å². The molecule has 0 aliphatic carbocycles. The van der Waals surface area contributed by atoms with Crippen molar-refractivity contribution in [1.82, 2.24) is 9.73 Å². The van der Waals surface area contributed by atoms with Gasteiger partial charge in [-0.3, -0.25) is 4.79 Å². The van der Waals surface area contributed by atoms with E-state index in [-0.39, 0.29) is 11.4 Å². The van der Waals surface area contributed by atoms with E-state index in [1.807, 2.05) is 48.5 Å². The third-order valence-electron chi connectivity index (χ3n) is 5.62. The van der Waals surface area contributed by atoms with Crippen molar-refractivity contribution >= 4 is 49.7 Å². The highest BCUT2D eigenvalue weighted by Crippen LogP contribution is 2.24. The highest BCUT2D eigenvalue weighted by molar-refractivity contribution is 9.10. The normalized spacial score (nSPS) is 11.6. The number of ether oxygens (including phenoxy) is 1. The minimum atomic E-state index is -4.02. The molecule has 0 fully saturated rings. The number of hydrogen-bond acceptors (Lipinski definition) is 5. The molecule has 0 heterocycles. The van der Waals surface area contributed by atoms with Gasteiger partial charge in [-0.1, -0.05) is 88.2 Å². The summed E-state index contributed by atoms with van der Waals surface area (Å²) < 4.78 is 34.6. The number of hydrogen-bond donors (Lipinski definition) is 1. The zero-order valence-corrected chi connectivity index (χ0v) is 23.9. The summed E-state index contributed by atoms with van der Waals surface area (Å²) in [6.07, 6.45) is 1.46. The van der Waals surface area contributed by atoms with Gasteiger partial charge in [-0.15, -0.1) is 0 Å². The van der Waals surface area contributed by atoms with Crippen molar-refractivity contribution in [1.29, 1.82) is 0 Å². The molecular formula is C29H25BrClN3O4S. The van der Waals surface area contributed by atoms with Gasteiger partial charge in [0.1, 0.15) is 12.4 Å². The van der Waals surface area contributed by atoms with E-state index < -0.39 is 22.5 Å². The van der Waals surface area contributed by atoms with Crippen LogP contribution in [0.1, 0.15) is 16.7 Å². The first-order chi connectivity index (χ1) is 18.8. The topological polar surface area (TPSA) is 88.1 Å². The Morgan fingerprint density at radius 2 is 1.59 bits per heavy atom. The van der Waals surface area contributed by atoms with Crippen LogP contribution in [0.15, 0.2) is 118 Å². The summed E-state index contributed by atoms with van der Waals surface area (Å²) in [6.45, 7) is -0.179. The molecule has 1 N–H and O–H groups in total. The molecule has 0 bridgehead atoms. The lowest BCUT2D eigenvalue weighted by molar-refractivity contribution is -0.121. The molecule has 0 unspecified atom stereocenters. The second kappa shape index (κ2) is 13.5. The molecule has 10 heteroatoms. The molecule has 0 aromatic heterocycles. The predicted octanol–water partition coefficient (Wildman–Crippen LogP) is 6.02. The summed E-state index contributed by atoms with van der Waals surface area (Å²) in [5.41, 5.74) is 4.67. The van der Waals surface area contributed by atoms with Crippen molar-refractivity contribution in [2.75, 3.05) is 6.54 Å². The number of hydrazone groups is 1. The molecule has 1 amide bonds. The summed E-state index contributed by atoms with van der Waals surface area (Å²) in [6, 6.07) is 30.1. The molecule has 39 heavy (non-hydrogen) atoms. The number of benzene rings is 4. The van der Waals surface area contributed by atoms with Crippen molar-refractivity contribution in [2.24, 2.45) is 5.10 Å². The van der Waals surface area contributed by atoms with Crippen LogP contribution in [0, 0.1) is 0 Å². The van der Waals surface area contributed by atoms with Crippen molar-refractivity contribution in [3.63, 3.8) is 0 Å². The Morgan fingerprint density at radius 1 is 0.923 bits per heavy atom. The van der Waals surface area contributed by atoms with Crippen LogP contribution in [0.2, 0.25) is 5.02 Å². The number of amides is 1. The first kappa shape index (κ1) is 28.5. The molecule has 0 aliphatic rings. The summed E-state index contributed by atoms with van der Waals surface area (Å²) in [7, 11) is -4.02. The number of carbonyl (C=O) groups excluding carboxylic acids is 1. The van der Waals surface area contributed by atoms with Gasteiger partial charge in [0.05, 0.1) is 17.7 Å². The molecule has 7 nitrogen and oxygen atoms in total. The van der Waals surface area contributed by atoms with Crippen molar-refractivity contribution in [2.45, 2.75) is 18.0 Å². The van der Waals surface area contributed by atoms with E-state index in [1.165, 1.54) is 18.3 Å². The van der Waals surface area contributed by atoms with Gasteiger partial charge in [0.25, 0.3) is 5.91 Å². The van der Waals surface area contributed by atoms with Crippen LogP contribution in [-0.2, 0) is 28.0 Å². The smallest absolute Gasteiger partial charge is 0.255 e. The molecule has 0 spiro atoms. The minimum absolute atomic E-state index is 0.0542. The van der Waals surface area contributed by atoms with E-state index in [1.54, 1.807) is 42.5 Å². The molecule has 0 saturated heterocycles.